The van der Waals surface area contributed by atoms with E-state index in [9.17, 15) is 19.0 Å². The number of hydrogen-bond acceptors (Lipinski definition) is 3. The number of hydrogen-bond donors (Lipinski definition) is 3. The van der Waals surface area contributed by atoms with Crippen LogP contribution in [0, 0.1) is 11.6 Å². The predicted octanol–water partition coefficient (Wildman–Crippen LogP) is 1.08. The maximum Gasteiger partial charge on any atom is 0.137 e. The maximum absolute atomic E-state index is 13.3. The first-order valence-electron chi connectivity index (χ1n) is 4.18. The first-order valence-corrected chi connectivity index (χ1v) is 4.97. The SMILES string of the molecule is NCC(O)C(O)c1cc(F)c(Br)cc1F. The van der Waals surface area contributed by atoms with Crippen LogP contribution >= 0.6 is 15.9 Å². The highest BCUT2D eigenvalue weighted by atomic mass is 79.9. The van der Waals surface area contributed by atoms with Crippen LogP contribution in [0.25, 0.3) is 0 Å². The molecular formula is C9H10BrF2NO2. The van der Waals surface area contributed by atoms with Gasteiger partial charge in [0.25, 0.3) is 0 Å². The van der Waals surface area contributed by atoms with Gasteiger partial charge in [0, 0.05) is 12.1 Å². The van der Waals surface area contributed by atoms with Crippen LogP contribution in [0.4, 0.5) is 8.78 Å². The molecule has 0 bridgehead atoms. The van der Waals surface area contributed by atoms with Crippen molar-refractivity contribution in [1.29, 1.82) is 0 Å². The predicted molar refractivity (Wildman–Crippen MR) is 54.1 cm³/mol. The Hall–Kier alpha value is -0.560. The number of rotatable bonds is 3. The van der Waals surface area contributed by atoms with Gasteiger partial charge >= 0.3 is 0 Å². The van der Waals surface area contributed by atoms with Crippen molar-refractivity contribution in [2.24, 2.45) is 5.73 Å². The number of benzene rings is 1. The Labute approximate surface area is 93.7 Å². The third kappa shape index (κ3) is 2.72. The Morgan fingerprint density at radius 1 is 1.27 bits per heavy atom. The van der Waals surface area contributed by atoms with Crippen molar-refractivity contribution in [2.75, 3.05) is 6.54 Å². The molecule has 15 heavy (non-hydrogen) atoms. The lowest BCUT2D eigenvalue weighted by Gasteiger charge is -2.17. The molecule has 0 aromatic heterocycles. The second-order valence-corrected chi connectivity index (χ2v) is 3.89. The molecule has 1 aromatic rings. The van der Waals surface area contributed by atoms with Crippen LogP contribution in [0.2, 0.25) is 0 Å². The van der Waals surface area contributed by atoms with E-state index in [2.05, 4.69) is 15.9 Å². The van der Waals surface area contributed by atoms with Crippen LogP contribution < -0.4 is 5.73 Å². The van der Waals surface area contributed by atoms with Crippen molar-refractivity contribution in [3.63, 3.8) is 0 Å². The zero-order valence-electron chi connectivity index (χ0n) is 7.62. The van der Waals surface area contributed by atoms with Gasteiger partial charge in [-0.25, -0.2) is 8.78 Å². The number of nitrogens with two attached hydrogens (primary N) is 1. The van der Waals surface area contributed by atoms with Crippen molar-refractivity contribution >= 4 is 15.9 Å². The molecule has 2 unspecified atom stereocenters. The summed E-state index contributed by atoms with van der Waals surface area (Å²) in [7, 11) is 0. The van der Waals surface area contributed by atoms with E-state index >= 15 is 0 Å². The van der Waals surface area contributed by atoms with Crippen LogP contribution in [-0.4, -0.2) is 22.9 Å². The van der Waals surface area contributed by atoms with Gasteiger partial charge in [0.15, 0.2) is 0 Å². The summed E-state index contributed by atoms with van der Waals surface area (Å²) in [5, 5.41) is 18.6. The first kappa shape index (κ1) is 12.5. The van der Waals surface area contributed by atoms with E-state index in [1.807, 2.05) is 0 Å². The highest BCUT2D eigenvalue weighted by Crippen LogP contribution is 2.25. The molecule has 0 aliphatic heterocycles. The monoisotopic (exact) mass is 281 g/mol. The molecule has 0 fully saturated rings. The molecule has 0 saturated heterocycles. The average Bonchev–Trinajstić information content (AvgIpc) is 2.21. The van der Waals surface area contributed by atoms with Gasteiger partial charge in [-0.1, -0.05) is 0 Å². The summed E-state index contributed by atoms with van der Waals surface area (Å²) in [4.78, 5) is 0. The minimum atomic E-state index is -1.53. The normalized spacial score (nSPS) is 15.1. The smallest absolute Gasteiger partial charge is 0.137 e. The largest absolute Gasteiger partial charge is 0.389 e. The Balaban J connectivity index is 3.09. The minimum absolute atomic E-state index is 0.0433. The lowest BCUT2D eigenvalue weighted by Crippen LogP contribution is -2.27. The van der Waals surface area contributed by atoms with Crippen LogP contribution in [0.3, 0.4) is 0 Å². The minimum Gasteiger partial charge on any atom is -0.389 e. The molecule has 1 rings (SSSR count). The summed E-state index contributed by atoms with van der Waals surface area (Å²) in [6.45, 7) is -0.238. The lowest BCUT2D eigenvalue weighted by atomic mass is 10.0. The Morgan fingerprint density at radius 2 is 1.87 bits per heavy atom. The first-order chi connectivity index (χ1) is 6.97. The second-order valence-electron chi connectivity index (χ2n) is 3.04. The van der Waals surface area contributed by atoms with Gasteiger partial charge < -0.3 is 15.9 Å². The molecule has 0 radical (unpaired) electrons. The summed E-state index contributed by atoms with van der Waals surface area (Å²) in [6.07, 6.45) is -2.85. The Kier molecular flexibility index (Phi) is 4.15. The van der Waals surface area contributed by atoms with Crippen LogP contribution in [0.5, 0.6) is 0 Å². The van der Waals surface area contributed by atoms with Gasteiger partial charge in [0.2, 0.25) is 0 Å². The summed E-state index contributed by atoms with van der Waals surface area (Å²) >= 11 is 2.80. The quantitative estimate of drug-likeness (QED) is 0.727. The number of aliphatic hydroxyl groups excluding tert-OH is 2. The fraction of sp³-hybridized carbons (Fsp3) is 0.333. The standard InChI is InChI=1S/C9H10BrF2NO2/c10-5-2-6(11)4(1-7(5)12)9(15)8(14)3-13/h1-2,8-9,14-15H,3,13H2. The van der Waals surface area contributed by atoms with E-state index in [0.717, 1.165) is 12.1 Å². The van der Waals surface area contributed by atoms with Crippen LogP contribution in [-0.2, 0) is 0 Å². The van der Waals surface area contributed by atoms with Crippen molar-refractivity contribution < 1.29 is 19.0 Å². The van der Waals surface area contributed by atoms with Gasteiger partial charge in [-0.2, -0.15) is 0 Å². The third-order valence-electron chi connectivity index (χ3n) is 1.96. The molecule has 3 nitrogen and oxygen atoms in total. The van der Waals surface area contributed by atoms with Gasteiger partial charge in [0.05, 0.1) is 10.6 Å². The third-order valence-corrected chi connectivity index (χ3v) is 2.57. The molecule has 4 N–H and O–H groups in total. The highest BCUT2D eigenvalue weighted by molar-refractivity contribution is 9.10. The summed E-state index contributed by atoms with van der Waals surface area (Å²) in [6, 6.07) is 1.71. The molecule has 2 atom stereocenters. The van der Waals surface area contributed by atoms with E-state index in [0.29, 0.717) is 0 Å². The molecule has 0 amide bonds. The number of halogens is 3. The average molecular weight is 282 g/mol. The Bertz CT molecular complexity index is 362. The van der Waals surface area contributed by atoms with Crippen LogP contribution in [0.15, 0.2) is 16.6 Å². The van der Waals surface area contributed by atoms with E-state index in [4.69, 9.17) is 5.73 Å². The molecule has 1 aromatic carbocycles. The maximum atomic E-state index is 13.3. The van der Waals surface area contributed by atoms with E-state index in [-0.39, 0.29) is 16.6 Å². The zero-order chi connectivity index (χ0) is 11.6. The van der Waals surface area contributed by atoms with Crippen molar-refractivity contribution in [3.8, 4) is 0 Å². The van der Waals surface area contributed by atoms with Crippen molar-refractivity contribution in [2.45, 2.75) is 12.2 Å². The van der Waals surface area contributed by atoms with E-state index in [1.54, 1.807) is 0 Å². The zero-order valence-corrected chi connectivity index (χ0v) is 9.21. The van der Waals surface area contributed by atoms with Crippen molar-refractivity contribution in [3.05, 3.63) is 33.8 Å². The molecule has 0 spiro atoms. The van der Waals surface area contributed by atoms with Gasteiger partial charge in [-0.05, 0) is 28.1 Å². The fourth-order valence-corrected chi connectivity index (χ4v) is 1.42. The molecule has 0 saturated carbocycles. The Morgan fingerprint density at radius 3 is 2.40 bits per heavy atom. The van der Waals surface area contributed by atoms with Crippen molar-refractivity contribution in [1.82, 2.24) is 0 Å². The van der Waals surface area contributed by atoms with Crippen LogP contribution in [0.1, 0.15) is 11.7 Å². The molecule has 6 heteroatoms. The highest BCUT2D eigenvalue weighted by Gasteiger charge is 2.21. The van der Waals surface area contributed by atoms with E-state index < -0.39 is 23.8 Å². The van der Waals surface area contributed by atoms with Gasteiger partial charge in [0.1, 0.15) is 17.7 Å². The summed E-state index contributed by atoms with van der Waals surface area (Å²) in [5.41, 5.74) is 4.78. The summed E-state index contributed by atoms with van der Waals surface area (Å²) in [5.74, 6) is -1.52. The molecule has 0 aliphatic rings. The molecule has 84 valence electrons. The number of aliphatic hydroxyl groups is 2. The van der Waals surface area contributed by atoms with Gasteiger partial charge in [-0.3, -0.25) is 0 Å². The summed E-state index contributed by atoms with van der Waals surface area (Å²) < 4.78 is 26.3. The molecular weight excluding hydrogens is 272 g/mol. The van der Waals surface area contributed by atoms with E-state index in [1.165, 1.54) is 0 Å². The lowest BCUT2D eigenvalue weighted by molar-refractivity contribution is 0.0220. The van der Waals surface area contributed by atoms with Gasteiger partial charge in [-0.15, -0.1) is 0 Å². The fourth-order valence-electron chi connectivity index (χ4n) is 1.10. The molecule has 0 aliphatic carbocycles. The second kappa shape index (κ2) is 4.98. The molecule has 0 heterocycles. The topological polar surface area (TPSA) is 66.5 Å².